The van der Waals surface area contributed by atoms with Gasteiger partial charge in [0.25, 0.3) is 0 Å². The number of hydrogen-bond donors (Lipinski definition) is 0. The lowest BCUT2D eigenvalue weighted by Gasteiger charge is -2.23. The van der Waals surface area contributed by atoms with E-state index in [0.29, 0.717) is 16.7 Å². The van der Waals surface area contributed by atoms with Gasteiger partial charge in [0.2, 0.25) is 11.9 Å². The molecule has 32 heavy (non-hydrogen) atoms. The third kappa shape index (κ3) is 3.71. The summed E-state index contributed by atoms with van der Waals surface area (Å²) in [5.41, 5.74) is 1.44. The van der Waals surface area contributed by atoms with Crippen molar-refractivity contribution in [3.8, 4) is 0 Å². The van der Waals surface area contributed by atoms with E-state index in [4.69, 9.17) is 4.74 Å². The van der Waals surface area contributed by atoms with Crippen molar-refractivity contribution in [3.63, 3.8) is 0 Å². The summed E-state index contributed by atoms with van der Waals surface area (Å²) in [5, 5.41) is 0. The van der Waals surface area contributed by atoms with Crippen LogP contribution in [-0.4, -0.2) is 53.4 Å². The summed E-state index contributed by atoms with van der Waals surface area (Å²) < 4.78 is 5.09. The smallest absolute Gasteiger partial charge is 0.338 e. The van der Waals surface area contributed by atoms with E-state index in [9.17, 15) is 19.2 Å². The van der Waals surface area contributed by atoms with Crippen LogP contribution in [0, 0.1) is 5.92 Å². The Bertz CT molecular complexity index is 1190. The SMILES string of the molecule is CCOC(=O)C1N=C(c2ccccc2)C(C2C(=O)c3ccccc3C2=O)=NC1=NC(C)=O. The molecule has 1 amide bonds. The first-order chi connectivity index (χ1) is 15.4. The van der Waals surface area contributed by atoms with E-state index in [1.165, 1.54) is 6.92 Å². The second-order valence-electron chi connectivity index (χ2n) is 7.19. The predicted molar refractivity (Wildman–Crippen MR) is 118 cm³/mol. The molecular formula is C24H19N3O5. The maximum Gasteiger partial charge on any atom is 0.338 e. The molecule has 1 atom stereocenters. The third-order valence-corrected chi connectivity index (χ3v) is 5.07. The molecule has 2 aromatic rings. The second-order valence-corrected chi connectivity index (χ2v) is 7.19. The van der Waals surface area contributed by atoms with Gasteiger partial charge in [-0.2, -0.15) is 4.99 Å². The monoisotopic (exact) mass is 429 g/mol. The molecular weight excluding hydrogens is 410 g/mol. The van der Waals surface area contributed by atoms with Gasteiger partial charge in [-0.3, -0.25) is 19.4 Å². The molecule has 1 aliphatic heterocycles. The molecule has 0 radical (unpaired) electrons. The van der Waals surface area contributed by atoms with Gasteiger partial charge in [0, 0.05) is 23.6 Å². The highest BCUT2D eigenvalue weighted by Gasteiger charge is 2.45. The maximum absolute atomic E-state index is 13.2. The standard InChI is InChI=1S/C24H19N3O5/c1-3-32-24(31)20-23(25-13(2)28)27-19(18(26-20)14-9-5-4-6-10-14)17-21(29)15-11-7-8-12-16(15)22(17)30/h4-12,17,20H,3H2,1-2H3. The van der Waals surface area contributed by atoms with Crippen LogP contribution >= 0.6 is 0 Å². The number of rotatable bonds is 4. The minimum Gasteiger partial charge on any atom is -0.464 e. The molecule has 0 aromatic heterocycles. The molecule has 4 rings (SSSR count). The van der Waals surface area contributed by atoms with Gasteiger partial charge < -0.3 is 4.74 Å². The summed E-state index contributed by atoms with van der Waals surface area (Å²) in [6.45, 7) is 2.96. The Morgan fingerprint density at radius 3 is 2.12 bits per heavy atom. The van der Waals surface area contributed by atoms with Crippen molar-refractivity contribution in [3.05, 3.63) is 71.3 Å². The first kappa shape index (κ1) is 21.2. The predicted octanol–water partition coefficient (Wildman–Crippen LogP) is 2.50. The molecule has 0 saturated heterocycles. The highest BCUT2D eigenvalue weighted by Crippen LogP contribution is 2.30. The van der Waals surface area contributed by atoms with Crippen LogP contribution in [-0.2, 0) is 14.3 Å². The number of amides is 1. The Balaban J connectivity index is 1.90. The summed E-state index contributed by atoms with van der Waals surface area (Å²) in [6.07, 6.45) is 0. The van der Waals surface area contributed by atoms with E-state index < -0.39 is 35.4 Å². The minimum atomic E-state index is -1.29. The average Bonchev–Trinajstić information content (AvgIpc) is 3.04. The molecule has 1 unspecified atom stereocenters. The highest BCUT2D eigenvalue weighted by atomic mass is 16.5. The van der Waals surface area contributed by atoms with Gasteiger partial charge in [-0.1, -0.05) is 54.6 Å². The van der Waals surface area contributed by atoms with Crippen molar-refractivity contribution in [2.24, 2.45) is 20.9 Å². The Morgan fingerprint density at radius 1 is 0.969 bits per heavy atom. The van der Waals surface area contributed by atoms with Gasteiger partial charge in [-0.25, -0.2) is 9.79 Å². The number of nitrogens with zero attached hydrogens (tertiary/aromatic N) is 3. The quantitative estimate of drug-likeness (QED) is 0.547. The Morgan fingerprint density at radius 2 is 1.56 bits per heavy atom. The topological polar surface area (TPSA) is 115 Å². The molecule has 1 aliphatic carbocycles. The van der Waals surface area contributed by atoms with Crippen LogP contribution in [0.1, 0.15) is 40.1 Å². The van der Waals surface area contributed by atoms with Crippen LogP contribution in [0.4, 0.5) is 0 Å². The zero-order valence-corrected chi connectivity index (χ0v) is 17.4. The fraction of sp³-hybridized carbons (Fsp3) is 0.208. The van der Waals surface area contributed by atoms with E-state index >= 15 is 0 Å². The molecule has 0 saturated carbocycles. The summed E-state index contributed by atoms with van der Waals surface area (Å²) in [6, 6.07) is 14.1. The normalized spacial score (nSPS) is 19.4. The number of hydrogen-bond acceptors (Lipinski definition) is 6. The zero-order chi connectivity index (χ0) is 22.8. The number of benzene rings is 2. The van der Waals surface area contributed by atoms with Gasteiger partial charge in [-0.05, 0) is 6.92 Å². The Labute approximate surface area is 183 Å². The van der Waals surface area contributed by atoms with E-state index in [0.717, 1.165) is 0 Å². The van der Waals surface area contributed by atoms with Gasteiger partial charge in [0.05, 0.1) is 18.0 Å². The van der Waals surface area contributed by atoms with Crippen molar-refractivity contribution < 1.29 is 23.9 Å². The van der Waals surface area contributed by atoms with Gasteiger partial charge >= 0.3 is 5.97 Å². The molecule has 160 valence electrons. The molecule has 1 heterocycles. The second kappa shape index (κ2) is 8.58. The lowest BCUT2D eigenvalue weighted by molar-refractivity contribution is -0.142. The molecule has 0 fully saturated rings. The summed E-state index contributed by atoms with van der Waals surface area (Å²) in [5.74, 6) is -3.59. The number of ether oxygens (including phenoxy) is 1. The van der Waals surface area contributed by atoms with Crippen LogP contribution in [0.2, 0.25) is 0 Å². The molecule has 8 heteroatoms. The van der Waals surface area contributed by atoms with Crippen molar-refractivity contribution in [2.45, 2.75) is 19.9 Å². The van der Waals surface area contributed by atoms with Crippen molar-refractivity contribution in [2.75, 3.05) is 6.61 Å². The molecule has 0 bridgehead atoms. The van der Waals surface area contributed by atoms with E-state index in [-0.39, 0.29) is 23.9 Å². The van der Waals surface area contributed by atoms with Gasteiger partial charge in [0.15, 0.2) is 17.4 Å². The summed E-state index contributed by atoms with van der Waals surface area (Å²) in [4.78, 5) is 63.4. The lowest BCUT2D eigenvalue weighted by Crippen LogP contribution is -2.42. The van der Waals surface area contributed by atoms with Crippen LogP contribution in [0.3, 0.4) is 0 Å². The fourth-order valence-electron chi connectivity index (χ4n) is 3.73. The molecule has 0 N–H and O–H groups in total. The number of amidine groups is 1. The van der Waals surface area contributed by atoms with Crippen molar-refractivity contribution in [1.29, 1.82) is 0 Å². The van der Waals surface area contributed by atoms with Crippen LogP contribution < -0.4 is 0 Å². The number of esters is 1. The van der Waals surface area contributed by atoms with Gasteiger partial charge in [0.1, 0.15) is 5.92 Å². The first-order valence-electron chi connectivity index (χ1n) is 10.1. The van der Waals surface area contributed by atoms with Crippen LogP contribution in [0.15, 0.2) is 69.6 Å². The minimum absolute atomic E-state index is 0.0583. The van der Waals surface area contributed by atoms with Crippen molar-refractivity contribution in [1.82, 2.24) is 0 Å². The lowest BCUT2D eigenvalue weighted by atomic mass is 9.89. The van der Waals surface area contributed by atoms with E-state index in [1.54, 1.807) is 61.5 Å². The molecule has 8 nitrogen and oxygen atoms in total. The number of carbonyl (C=O) groups excluding carboxylic acids is 4. The molecule has 2 aliphatic rings. The highest BCUT2D eigenvalue weighted by molar-refractivity contribution is 6.59. The summed E-state index contributed by atoms with van der Waals surface area (Å²) >= 11 is 0. The zero-order valence-electron chi connectivity index (χ0n) is 17.4. The third-order valence-electron chi connectivity index (χ3n) is 5.07. The van der Waals surface area contributed by atoms with E-state index in [2.05, 4.69) is 15.0 Å². The molecule has 0 spiro atoms. The first-order valence-corrected chi connectivity index (χ1v) is 10.1. The van der Waals surface area contributed by atoms with Gasteiger partial charge in [-0.15, -0.1) is 0 Å². The van der Waals surface area contributed by atoms with Crippen LogP contribution in [0.25, 0.3) is 0 Å². The van der Waals surface area contributed by atoms with E-state index in [1.807, 2.05) is 0 Å². The fourth-order valence-corrected chi connectivity index (χ4v) is 3.73. The number of Topliss-reactive ketones (excluding diaryl/α,β-unsaturated/α-hetero) is 2. The summed E-state index contributed by atoms with van der Waals surface area (Å²) in [7, 11) is 0. The number of fused-ring (bicyclic) bond motifs is 1. The average molecular weight is 429 g/mol. The largest absolute Gasteiger partial charge is 0.464 e. The number of carbonyl (C=O) groups is 4. The Kier molecular flexibility index (Phi) is 5.68. The number of ketones is 2. The number of aliphatic imine (C=N–C) groups is 3. The van der Waals surface area contributed by atoms with Crippen molar-refractivity contribution >= 4 is 40.7 Å². The maximum atomic E-state index is 13.2. The Hall–Kier alpha value is -4.07. The molecule has 2 aromatic carbocycles. The van der Waals surface area contributed by atoms with Crippen LogP contribution in [0.5, 0.6) is 0 Å².